The van der Waals surface area contributed by atoms with Gasteiger partial charge in [-0.25, -0.2) is 0 Å². The summed E-state index contributed by atoms with van der Waals surface area (Å²) < 4.78 is 5.07. The van der Waals surface area contributed by atoms with Crippen LogP contribution in [-0.4, -0.2) is 36.5 Å². The molecule has 0 aliphatic rings. The molecule has 4 nitrogen and oxygen atoms in total. The van der Waals surface area contributed by atoms with E-state index in [4.69, 9.17) is 4.74 Å². The van der Waals surface area contributed by atoms with Gasteiger partial charge in [0.05, 0.1) is 13.0 Å². The molecule has 0 unspecified atom stereocenters. The van der Waals surface area contributed by atoms with Gasteiger partial charge in [0, 0.05) is 13.1 Å². The number of unbranched alkanes of at least 4 members (excludes halogenated alkanes) is 1. The number of rotatable bonds is 9. The monoisotopic (exact) mass is 255 g/mol. The lowest BCUT2D eigenvalue weighted by Gasteiger charge is -2.20. The molecule has 1 amide bonds. The third-order valence-corrected chi connectivity index (χ3v) is 2.43. The molecule has 104 valence electrons. The predicted molar refractivity (Wildman–Crippen MR) is 72.1 cm³/mol. The van der Waals surface area contributed by atoms with E-state index in [0.717, 1.165) is 12.8 Å². The van der Waals surface area contributed by atoms with Gasteiger partial charge < -0.3 is 9.64 Å². The first-order valence-corrected chi connectivity index (χ1v) is 6.58. The molecule has 0 atom stereocenters. The number of carbonyl (C=O) groups is 2. The molecule has 18 heavy (non-hydrogen) atoms. The van der Waals surface area contributed by atoms with E-state index in [-0.39, 0.29) is 18.3 Å². The number of carbonyl (C=O) groups excluding carboxylic acids is 2. The lowest BCUT2D eigenvalue weighted by atomic mass is 10.2. The van der Waals surface area contributed by atoms with Crippen LogP contribution in [0.2, 0.25) is 0 Å². The molecule has 0 saturated heterocycles. The lowest BCUT2D eigenvalue weighted by Crippen LogP contribution is -2.32. The molecular formula is C14H25NO3. The second kappa shape index (κ2) is 9.68. The van der Waals surface area contributed by atoms with Crippen LogP contribution in [0.1, 0.15) is 40.0 Å². The van der Waals surface area contributed by atoms with Crippen LogP contribution >= 0.6 is 0 Å². The van der Waals surface area contributed by atoms with E-state index in [1.807, 2.05) is 13.8 Å². The first-order valence-electron chi connectivity index (χ1n) is 6.58. The third-order valence-electron chi connectivity index (χ3n) is 2.43. The highest BCUT2D eigenvalue weighted by atomic mass is 16.5. The summed E-state index contributed by atoms with van der Waals surface area (Å²) in [5.74, 6) is -0.0397. The van der Waals surface area contributed by atoms with Crippen LogP contribution < -0.4 is 0 Å². The van der Waals surface area contributed by atoms with Gasteiger partial charge in [-0.2, -0.15) is 0 Å². The Morgan fingerprint density at radius 2 is 2.00 bits per heavy atom. The van der Waals surface area contributed by atoms with Gasteiger partial charge >= 0.3 is 5.97 Å². The zero-order valence-corrected chi connectivity index (χ0v) is 11.8. The van der Waals surface area contributed by atoms with Crippen molar-refractivity contribution in [2.24, 2.45) is 5.92 Å². The number of hydrogen-bond donors (Lipinski definition) is 0. The maximum absolute atomic E-state index is 11.6. The van der Waals surface area contributed by atoms with Crippen LogP contribution in [0.5, 0.6) is 0 Å². The summed E-state index contributed by atoms with van der Waals surface area (Å²) in [5.41, 5.74) is 0. The highest BCUT2D eigenvalue weighted by molar-refractivity contribution is 5.87. The van der Waals surface area contributed by atoms with E-state index in [9.17, 15) is 9.59 Å². The van der Waals surface area contributed by atoms with Crippen molar-refractivity contribution < 1.29 is 14.3 Å². The molecule has 0 saturated carbocycles. The molecule has 0 heterocycles. The Morgan fingerprint density at radius 1 is 1.33 bits per heavy atom. The van der Waals surface area contributed by atoms with Gasteiger partial charge in [0.15, 0.2) is 0 Å². The molecule has 0 radical (unpaired) electrons. The van der Waals surface area contributed by atoms with Gasteiger partial charge in [0.1, 0.15) is 0 Å². The molecule has 4 heteroatoms. The summed E-state index contributed by atoms with van der Waals surface area (Å²) in [7, 11) is 0. The minimum atomic E-state index is -0.248. The van der Waals surface area contributed by atoms with Crippen molar-refractivity contribution in [3.63, 3.8) is 0 Å². The van der Waals surface area contributed by atoms with Gasteiger partial charge in [-0.1, -0.05) is 33.8 Å². The van der Waals surface area contributed by atoms with Crippen LogP contribution in [0.15, 0.2) is 12.7 Å². The number of hydrogen-bond acceptors (Lipinski definition) is 3. The molecule has 0 aromatic rings. The Kier molecular flexibility index (Phi) is 8.97. The SMILES string of the molecule is C=CC(=O)N(CCCC)CCC(=O)OCC(C)C. The molecule has 0 aromatic carbocycles. The van der Waals surface area contributed by atoms with Gasteiger partial charge in [0.2, 0.25) is 5.91 Å². The fraction of sp³-hybridized carbons (Fsp3) is 0.714. The third kappa shape index (κ3) is 7.87. The number of ether oxygens (including phenoxy) is 1. The summed E-state index contributed by atoms with van der Waals surface area (Å²) >= 11 is 0. The van der Waals surface area contributed by atoms with E-state index in [2.05, 4.69) is 13.5 Å². The first-order chi connectivity index (χ1) is 8.51. The van der Waals surface area contributed by atoms with Gasteiger partial charge in [0.25, 0.3) is 0 Å². The maximum atomic E-state index is 11.6. The van der Waals surface area contributed by atoms with Gasteiger partial charge in [-0.3, -0.25) is 9.59 Å². The average molecular weight is 255 g/mol. The standard InChI is InChI=1S/C14H25NO3/c1-5-7-9-15(13(16)6-2)10-8-14(17)18-11-12(3)4/h6,12H,2,5,7-11H2,1,3-4H3. The predicted octanol–water partition coefficient (Wildman–Crippen LogP) is 2.39. The Bertz CT molecular complexity index is 274. The quantitative estimate of drug-likeness (QED) is 0.469. The zero-order valence-electron chi connectivity index (χ0n) is 11.8. The summed E-state index contributed by atoms with van der Waals surface area (Å²) in [4.78, 5) is 24.6. The Hall–Kier alpha value is -1.32. The summed E-state index contributed by atoms with van der Waals surface area (Å²) in [6.45, 7) is 11.0. The molecule has 0 N–H and O–H groups in total. The molecule has 0 spiro atoms. The van der Waals surface area contributed by atoms with Crippen LogP contribution in [0.3, 0.4) is 0 Å². The average Bonchev–Trinajstić information content (AvgIpc) is 2.35. The molecule has 0 bridgehead atoms. The number of nitrogens with zero attached hydrogens (tertiary/aromatic N) is 1. The minimum absolute atomic E-state index is 0.125. The van der Waals surface area contributed by atoms with Crippen LogP contribution in [0, 0.1) is 5.92 Å². The van der Waals surface area contributed by atoms with E-state index >= 15 is 0 Å². The largest absolute Gasteiger partial charge is 0.465 e. The molecular weight excluding hydrogens is 230 g/mol. The molecule has 0 aromatic heterocycles. The fourth-order valence-electron chi connectivity index (χ4n) is 1.37. The Morgan fingerprint density at radius 3 is 2.50 bits per heavy atom. The molecule has 0 rings (SSSR count). The highest BCUT2D eigenvalue weighted by Gasteiger charge is 2.12. The van der Waals surface area contributed by atoms with Gasteiger partial charge in [-0.05, 0) is 18.4 Å². The summed E-state index contributed by atoms with van der Waals surface area (Å²) in [5, 5.41) is 0. The van der Waals surface area contributed by atoms with Crippen LogP contribution in [-0.2, 0) is 14.3 Å². The Balaban J connectivity index is 4.04. The van der Waals surface area contributed by atoms with E-state index in [1.165, 1.54) is 6.08 Å². The highest BCUT2D eigenvalue weighted by Crippen LogP contribution is 2.01. The van der Waals surface area contributed by atoms with E-state index in [1.54, 1.807) is 4.90 Å². The zero-order chi connectivity index (χ0) is 14.0. The van der Waals surface area contributed by atoms with Crippen molar-refractivity contribution in [1.29, 1.82) is 0 Å². The second-order valence-electron chi connectivity index (χ2n) is 4.71. The fourth-order valence-corrected chi connectivity index (χ4v) is 1.37. The minimum Gasteiger partial charge on any atom is -0.465 e. The van der Waals surface area contributed by atoms with Crippen LogP contribution in [0.25, 0.3) is 0 Å². The van der Waals surface area contributed by atoms with Crippen LogP contribution in [0.4, 0.5) is 0 Å². The number of amides is 1. The molecule has 0 aliphatic carbocycles. The van der Waals surface area contributed by atoms with E-state index < -0.39 is 0 Å². The van der Waals surface area contributed by atoms with E-state index in [0.29, 0.717) is 25.6 Å². The van der Waals surface area contributed by atoms with Crippen molar-refractivity contribution in [3.8, 4) is 0 Å². The summed E-state index contributed by atoms with van der Waals surface area (Å²) in [6.07, 6.45) is 3.48. The smallest absolute Gasteiger partial charge is 0.307 e. The summed E-state index contributed by atoms with van der Waals surface area (Å²) in [6, 6.07) is 0. The lowest BCUT2D eigenvalue weighted by molar-refractivity contribution is -0.145. The topological polar surface area (TPSA) is 46.6 Å². The van der Waals surface area contributed by atoms with Crippen molar-refractivity contribution in [1.82, 2.24) is 4.90 Å². The van der Waals surface area contributed by atoms with Crippen molar-refractivity contribution >= 4 is 11.9 Å². The Labute approximate surface area is 110 Å². The molecule has 0 fully saturated rings. The van der Waals surface area contributed by atoms with Crippen molar-refractivity contribution in [2.75, 3.05) is 19.7 Å². The van der Waals surface area contributed by atoms with Crippen molar-refractivity contribution in [3.05, 3.63) is 12.7 Å². The number of esters is 1. The molecule has 0 aliphatic heterocycles. The maximum Gasteiger partial charge on any atom is 0.307 e. The first kappa shape index (κ1) is 16.7. The van der Waals surface area contributed by atoms with Crippen molar-refractivity contribution in [2.45, 2.75) is 40.0 Å². The normalized spacial score (nSPS) is 10.2. The second-order valence-corrected chi connectivity index (χ2v) is 4.71. The van der Waals surface area contributed by atoms with Gasteiger partial charge in [-0.15, -0.1) is 0 Å².